The van der Waals surface area contributed by atoms with Crippen molar-refractivity contribution in [3.63, 3.8) is 0 Å². The largest absolute Gasteiger partial charge is 0.478 e. The number of pyridine rings is 1. The van der Waals surface area contributed by atoms with Gasteiger partial charge in [0, 0.05) is 13.2 Å². The lowest BCUT2D eigenvalue weighted by Crippen LogP contribution is -2.06. The molecule has 0 fully saturated rings. The van der Waals surface area contributed by atoms with E-state index in [-0.39, 0.29) is 11.4 Å². The van der Waals surface area contributed by atoms with Gasteiger partial charge in [0.15, 0.2) is 0 Å². The number of carboxylic acid groups (broad SMARTS) is 1. The summed E-state index contributed by atoms with van der Waals surface area (Å²) < 4.78 is 1.67. The Morgan fingerprint density at radius 3 is 2.95 bits per heavy atom. The van der Waals surface area contributed by atoms with Gasteiger partial charge in [-0.3, -0.25) is 4.68 Å². The van der Waals surface area contributed by atoms with Gasteiger partial charge in [-0.25, -0.2) is 9.78 Å². The van der Waals surface area contributed by atoms with Crippen LogP contribution < -0.4 is 11.1 Å². The maximum Gasteiger partial charge on any atom is 0.339 e. The van der Waals surface area contributed by atoms with E-state index < -0.39 is 5.97 Å². The van der Waals surface area contributed by atoms with Crippen LogP contribution >= 0.6 is 0 Å². The Hall–Kier alpha value is -2.57. The first-order valence-electron chi connectivity index (χ1n) is 5.79. The second kappa shape index (κ2) is 4.97. The fourth-order valence-electron chi connectivity index (χ4n) is 1.77. The summed E-state index contributed by atoms with van der Waals surface area (Å²) in [6.45, 7) is 1.97. The van der Waals surface area contributed by atoms with Gasteiger partial charge >= 0.3 is 5.97 Å². The minimum absolute atomic E-state index is 0.0332. The summed E-state index contributed by atoms with van der Waals surface area (Å²) in [6.07, 6.45) is 3.93. The zero-order chi connectivity index (χ0) is 14.0. The van der Waals surface area contributed by atoms with Crippen molar-refractivity contribution >= 4 is 23.2 Å². The molecule has 19 heavy (non-hydrogen) atoms. The van der Waals surface area contributed by atoms with Crippen molar-refractivity contribution < 1.29 is 9.90 Å². The van der Waals surface area contributed by atoms with Gasteiger partial charge in [-0.2, -0.15) is 5.10 Å². The first-order valence-corrected chi connectivity index (χ1v) is 5.79. The lowest BCUT2D eigenvalue weighted by molar-refractivity contribution is 0.0697. The molecule has 0 unspecified atom stereocenters. The molecule has 0 aliphatic rings. The number of nitrogens with zero attached hydrogens (tertiary/aromatic N) is 3. The quantitative estimate of drug-likeness (QED) is 0.768. The molecule has 4 N–H and O–H groups in total. The van der Waals surface area contributed by atoms with E-state index in [4.69, 9.17) is 10.8 Å². The molecule has 7 nitrogen and oxygen atoms in total. The smallest absolute Gasteiger partial charge is 0.339 e. The number of aryl methyl sites for hydroxylation is 2. The number of hydrogen-bond donors (Lipinski definition) is 3. The number of carboxylic acids is 1. The Kier molecular flexibility index (Phi) is 3.37. The van der Waals surface area contributed by atoms with Gasteiger partial charge in [0.25, 0.3) is 0 Å². The van der Waals surface area contributed by atoms with Crippen LogP contribution in [-0.4, -0.2) is 25.8 Å². The van der Waals surface area contributed by atoms with Gasteiger partial charge in [0.05, 0.1) is 23.3 Å². The summed E-state index contributed by atoms with van der Waals surface area (Å²) in [5.41, 5.74) is 7.48. The SMILES string of the molecule is CCc1nn(C)cc1Nc1ncc(N)cc1C(=O)O. The highest BCUT2D eigenvalue weighted by Gasteiger charge is 2.14. The van der Waals surface area contributed by atoms with E-state index in [0.29, 0.717) is 5.69 Å². The Morgan fingerprint density at radius 1 is 1.58 bits per heavy atom. The molecule has 2 aromatic rings. The van der Waals surface area contributed by atoms with Gasteiger partial charge in [-0.1, -0.05) is 6.92 Å². The number of rotatable bonds is 4. The molecule has 0 aliphatic heterocycles. The average molecular weight is 261 g/mol. The molecule has 0 radical (unpaired) electrons. The number of nitrogens with two attached hydrogens (primary N) is 1. The van der Waals surface area contributed by atoms with Crippen LogP contribution in [0.3, 0.4) is 0 Å². The molecule has 2 heterocycles. The van der Waals surface area contributed by atoms with Crippen molar-refractivity contribution in [3.8, 4) is 0 Å². The molecule has 0 atom stereocenters. The lowest BCUT2D eigenvalue weighted by Gasteiger charge is -2.08. The van der Waals surface area contributed by atoms with Gasteiger partial charge in [-0.05, 0) is 12.5 Å². The maximum atomic E-state index is 11.2. The second-order valence-electron chi connectivity index (χ2n) is 4.11. The van der Waals surface area contributed by atoms with E-state index in [1.165, 1.54) is 12.3 Å². The monoisotopic (exact) mass is 261 g/mol. The highest BCUT2D eigenvalue weighted by atomic mass is 16.4. The Bertz CT molecular complexity index is 621. The molecule has 0 aromatic carbocycles. The summed E-state index contributed by atoms with van der Waals surface area (Å²) in [6, 6.07) is 1.37. The van der Waals surface area contributed by atoms with Crippen LogP contribution in [0, 0.1) is 0 Å². The number of nitrogen functional groups attached to an aromatic ring is 1. The third kappa shape index (κ3) is 2.65. The average Bonchev–Trinajstić information content (AvgIpc) is 2.71. The third-order valence-corrected chi connectivity index (χ3v) is 2.63. The molecule has 100 valence electrons. The number of hydrogen-bond acceptors (Lipinski definition) is 5. The first-order chi connectivity index (χ1) is 9.01. The van der Waals surface area contributed by atoms with Crippen molar-refractivity contribution in [2.45, 2.75) is 13.3 Å². The summed E-state index contributed by atoms with van der Waals surface area (Å²) in [5, 5.41) is 16.4. The molecule has 0 amide bonds. The minimum Gasteiger partial charge on any atom is -0.478 e. The van der Waals surface area contributed by atoms with Gasteiger partial charge in [0.2, 0.25) is 0 Å². The fraction of sp³-hybridized carbons (Fsp3) is 0.250. The summed E-state index contributed by atoms with van der Waals surface area (Å²) in [7, 11) is 1.80. The van der Waals surface area contributed by atoms with Crippen molar-refractivity contribution in [2.75, 3.05) is 11.1 Å². The minimum atomic E-state index is -1.08. The molecule has 0 saturated heterocycles. The predicted octanol–water partition coefficient (Wildman–Crippen LogP) is 1.40. The zero-order valence-corrected chi connectivity index (χ0v) is 10.7. The number of carbonyl (C=O) groups is 1. The summed E-state index contributed by atoms with van der Waals surface area (Å²) in [5.74, 6) is -0.825. The molecular weight excluding hydrogens is 246 g/mol. The number of aromatic carboxylic acids is 1. The Balaban J connectivity index is 2.40. The first kappa shape index (κ1) is 12.9. The van der Waals surface area contributed by atoms with E-state index in [9.17, 15) is 4.79 Å². The number of anilines is 3. The molecule has 0 aliphatic carbocycles. The predicted molar refractivity (Wildman–Crippen MR) is 71.5 cm³/mol. The van der Waals surface area contributed by atoms with E-state index in [1.807, 2.05) is 6.92 Å². The van der Waals surface area contributed by atoms with Crippen LogP contribution in [0.4, 0.5) is 17.2 Å². The molecule has 0 saturated carbocycles. The number of nitrogens with one attached hydrogen (secondary N) is 1. The van der Waals surface area contributed by atoms with Gasteiger partial charge < -0.3 is 16.2 Å². The molecule has 0 bridgehead atoms. The topological polar surface area (TPSA) is 106 Å². The Labute approximate surface area is 110 Å². The van der Waals surface area contributed by atoms with E-state index in [2.05, 4.69) is 15.4 Å². The van der Waals surface area contributed by atoms with E-state index in [0.717, 1.165) is 17.8 Å². The second-order valence-corrected chi connectivity index (χ2v) is 4.11. The number of aromatic nitrogens is 3. The Morgan fingerprint density at radius 2 is 2.32 bits per heavy atom. The maximum absolute atomic E-state index is 11.2. The fourth-order valence-corrected chi connectivity index (χ4v) is 1.77. The zero-order valence-electron chi connectivity index (χ0n) is 10.7. The standard InChI is InChI=1S/C12H15N5O2/c1-3-9-10(6-17(2)16-9)15-11-8(12(18)19)4-7(13)5-14-11/h4-6H,3,13H2,1-2H3,(H,14,15)(H,18,19). The highest BCUT2D eigenvalue weighted by Crippen LogP contribution is 2.23. The summed E-state index contributed by atoms with van der Waals surface area (Å²) >= 11 is 0. The van der Waals surface area contributed by atoms with Crippen LogP contribution in [0.1, 0.15) is 23.0 Å². The van der Waals surface area contributed by atoms with Crippen LogP contribution in [0.5, 0.6) is 0 Å². The molecule has 2 aromatic heterocycles. The van der Waals surface area contributed by atoms with E-state index in [1.54, 1.807) is 17.9 Å². The molecule has 0 spiro atoms. The lowest BCUT2D eigenvalue weighted by atomic mass is 10.2. The molecule has 7 heteroatoms. The van der Waals surface area contributed by atoms with Crippen LogP contribution in [0.25, 0.3) is 0 Å². The van der Waals surface area contributed by atoms with Crippen LogP contribution in [0.2, 0.25) is 0 Å². The summed E-state index contributed by atoms with van der Waals surface area (Å²) in [4.78, 5) is 15.2. The van der Waals surface area contributed by atoms with Gasteiger partial charge in [0.1, 0.15) is 11.4 Å². The van der Waals surface area contributed by atoms with Gasteiger partial charge in [-0.15, -0.1) is 0 Å². The molecular formula is C12H15N5O2. The third-order valence-electron chi connectivity index (χ3n) is 2.63. The van der Waals surface area contributed by atoms with E-state index >= 15 is 0 Å². The van der Waals surface area contributed by atoms with Crippen molar-refractivity contribution in [3.05, 3.63) is 29.7 Å². The van der Waals surface area contributed by atoms with Crippen LogP contribution in [-0.2, 0) is 13.5 Å². The normalized spacial score (nSPS) is 10.4. The van der Waals surface area contributed by atoms with Crippen molar-refractivity contribution in [1.82, 2.24) is 14.8 Å². The van der Waals surface area contributed by atoms with Crippen molar-refractivity contribution in [1.29, 1.82) is 0 Å². The highest BCUT2D eigenvalue weighted by molar-refractivity contribution is 5.95. The van der Waals surface area contributed by atoms with Crippen LogP contribution in [0.15, 0.2) is 18.5 Å². The molecule has 2 rings (SSSR count). The van der Waals surface area contributed by atoms with Crippen molar-refractivity contribution in [2.24, 2.45) is 7.05 Å².